The van der Waals surface area contributed by atoms with Crippen LogP contribution in [0.3, 0.4) is 0 Å². The molecule has 2 aromatic carbocycles. The highest BCUT2D eigenvalue weighted by molar-refractivity contribution is 7.90. The normalized spacial score (nSPS) is 15.8. The average molecular weight is 375 g/mol. The van der Waals surface area contributed by atoms with Gasteiger partial charge in [0.25, 0.3) is 0 Å². The number of piperazine rings is 1. The molecule has 1 aliphatic heterocycles. The van der Waals surface area contributed by atoms with Crippen LogP contribution in [0.2, 0.25) is 0 Å². The van der Waals surface area contributed by atoms with Crippen molar-refractivity contribution in [3.63, 3.8) is 0 Å². The fourth-order valence-corrected chi connectivity index (χ4v) is 4.01. The van der Waals surface area contributed by atoms with Gasteiger partial charge in [-0.05, 0) is 36.9 Å². The molecule has 0 spiro atoms. The van der Waals surface area contributed by atoms with Crippen LogP contribution in [-0.2, 0) is 16.4 Å². The number of sulfone groups is 1. The maximum atomic E-state index is 12.3. The molecule has 0 bridgehead atoms. The lowest BCUT2D eigenvalue weighted by molar-refractivity contribution is 0.313. The lowest BCUT2D eigenvalue weighted by Crippen LogP contribution is -2.44. The summed E-state index contributed by atoms with van der Waals surface area (Å²) in [7, 11) is -1.20. The van der Waals surface area contributed by atoms with Gasteiger partial charge in [-0.25, -0.2) is 13.8 Å². The van der Waals surface area contributed by atoms with Crippen molar-refractivity contribution in [3.8, 4) is 0 Å². The van der Waals surface area contributed by atoms with Crippen molar-refractivity contribution in [1.82, 2.24) is 10.3 Å². The number of para-hydroxylation sites is 1. The number of hydrogen-bond acceptors (Lipinski definition) is 6. The number of nitrogens with zero attached hydrogens (tertiary/aromatic N) is 2. The summed E-state index contributed by atoms with van der Waals surface area (Å²) in [5.74, 6) is 0. The molecule has 1 fully saturated rings. The summed E-state index contributed by atoms with van der Waals surface area (Å²) in [4.78, 5) is 4.91. The average Bonchev–Trinajstić information content (AvgIpc) is 2.63. The standard InChI is InChI=1S/C19H26N4O2S/c1-22-10-12-23(13-11-22)18-9-8-16(19(14-18)26(2,24)25)15-20-21-17-6-4-3-5-7-17/h3-9,14,20-21H,10-13,15H2,1-2H3. The van der Waals surface area contributed by atoms with Crippen LogP contribution in [0.15, 0.2) is 53.4 Å². The predicted molar refractivity (Wildman–Crippen MR) is 106 cm³/mol. The van der Waals surface area contributed by atoms with E-state index in [0.717, 1.165) is 43.1 Å². The second-order valence-electron chi connectivity index (χ2n) is 6.70. The first-order chi connectivity index (χ1) is 12.4. The van der Waals surface area contributed by atoms with E-state index in [1.807, 2.05) is 42.5 Å². The Bertz CT molecular complexity index is 832. The van der Waals surface area contributed by atoms with Gasteiger partial charge in [0, 0.05) is 50.4 Å². The third-order valence-electron chi connectivity index (χ3n) is 4.60. The van der Waals surface area contributed by atoms with E-state index in [9.17, 15) is 8.42 Å². The highest BCUT2D eigenvalue weighted by Crippen LogP contribution is 2.24. The van der Waals surface area contributed by atoms with Gasteiger partial charge in [0.15, 0.2) is 9.84 Å². The number of anilines is 2. The molecule has 6 nitrogen and oxygen atoms in total. The predicted octanol–water partition coefficient (Wildman–Crippen LogP) is 1.96. The van der Waals surface area contributed by atoms with Gasteiger partial charge in [0.1, 0.15) is 0 Å². The second kappa shape index (κ2) is 8.07. The Balaban J connectivity index is 1.74. The highest BCUT2D eigenvalue weighted by Gasteiger charge is 2.19. The summed E-state index contributed by atoms with van der Waals surface area (Å²) in [5.41, 5.74) is 8.86. The quantitative estimate of drug-likeness (QED) is 0.754. The maximum Gasteiger partial charge on any atom is 0.175 e. The molecule has 2 N–H and O–H groups in total. The Morgan fingerprint density at radius 3 is 2.35 bits per heavy atom. The molecule has 0 aromatic heterocycles. The third-order valence-corrected chi connectivity index (χ3v) is 5.78. The number of nitrogens with one attached hydrogen (secondary N) is 2. The van der Waals surface area contributed by atoms with Gasteiger partial charge in [0.05, 0.1) is 4.90 Å². The van der Waals surface area contributed by atoms with Crippen molar-refractivity contribution in [2.45, 2.75) is 11.4 Å². The smallest absolute Gasteiger partial charge is 0.175 e. The minimum Gasteiger partial charge on any atom is -0.369 e. The van der Waals surface area contributed by atoms with Crippen LogP contribution in [0.4, 0.5) is 11.4 Å². The van der Waals surface area contributed by atoms with Gasteiger partial charge < -0.3 is 15.2 Å². The van der Waals surface area contributed by atoms with E-state index in [1.54, 1.807) is 6.07 Å². The lowest BCUT2D eigenvalue weighted by atomic mass is 10.1. The zero-order chi connectivity index (χ0) is 18.6. The molecule has 0 amide bonds. The molecule has 0 atom stereocenters. The minimum absolute atomic E-state index is 0.385. The van der Waals surface area contributed by atoms with Crippen LogP contribution in [0.1, 0.15) is 5.56 Å². The van der Waals surface area contributed by atoms with Crippen molar-refractivity contribution in [2.75, 3.05) is 49.8 Å². The summed E-state index contributed by atoms with van der Waals surface area (Å²) < 4.78 is 24.6. The Hall–Kier alpha value is -2.09. The SMILES string of the molecule is CN1CCN(c2ccc(CNNc3ccccc3)c(S(C)(=O)=O)c2)CC1. The van der Waals surface area contributed by atoms with Crippen molar-refractivity contribution in [2.24, 2.45) is 0 Å². The van der Waals surface area contributed by atoms with Gasteiger partial charge in [-0.3, -0.25) is 0 Å². The van der Waals surface area contributed by atoms with Crippen LogP contribution in [0.25, 0.3) is 0 Å². The highest BCUT2D eigenvalue weighted by atomic mass is 32.2. The van der Waals surface area contributed by atoms with Crippen molar-refractivity contribution in [1.29, 1.82) is 0 Å². The van der Waals surface area contributed by atoms with Crippen LogP contribution in [0.5, 0.6) is 0 Å². The van der Waals surface area contributed by atoms with E-state index < -0.39 is 9.84 Å². The van der Waals surface area contributed by atoms with Crippen LogP contribution < -0.4 is 15.8 Å². The number of likely N-dealkylation sites (N-methyl/N-ethyl adjacent to an activating group) is 1. The first-order valence-electron chi connectivity index (χ1n) is 8.74. The molecule has 3 rings (SSSR count). The Morgan fingerprint density at radius 2 is 1.69 bits per heavy atom. The summed E-state index contributed by atoms with van der Waals surface area (Å²) in [6.07, 6.45) is 1.27. The van der Waals surface area contributed by atoms with E-state index >= 15 is 0 Å². The maximum absolute atomic E-state index is 12.3. The zero-order valence-corrected chi connectivity index (χ0v) is 16.1. The van der Waals surface area contributed by atoms with Crippen LogP contribution >= 0.6 is 0 Å². The molecule has 26 heavy (non-hydrogen) atoms. The minimum atomic E-state index is -3.31. The molecule has 1 saturated heterocycles. The second-order valence-corrected chi connectivity index (χ2v) is 8.68. The molecule has 0 saturated carbocycles. The third kappa shape index (κ3) is 4.75. The molecule has 2 aromatic rings. The Kier molecular flexibility index (Phi) is 5.80. The summed E-state index contributed by atoms with van der Waals surface area (Å²) in [6.45, 7) is 4.21. The zero-order valence-electron chi connectivity index (χ0n) is 15.3. The Morgan fingerprint density at radius 1 is 1.00 bits per heavy atom. The summed E-state index contributed by atoms with van der Waals surface area (Å²) in [6, 6.07) is 15.4. The Labute approximate surface area is 155 Å². The van der Waals surface area contributed by atoms with Crippen molar-refractivity contribution in [3.05, 3.63) is 54.1 Å². The molecule has 7 heteroatoms. The molecule has 0 unspecified atom stereocenters. The number of hydrogen-bond donors (Lipinski definition) is 2. The molecule has 0 aliphatic carbocycles. The fourth-order valence-electron chi connectivity index (χ4n) is 3.06. The fraction of sp³-hybridized carbons (Fsp3) is 0.368. The topological polar surface area (TPSA) is 64.7 Å². The largest absolute Gasteiger partial charge is 0.369 e. The van der Waals surface area contributed by atoms with E-state index in [4.69, 9.17) is 0 Å². The van der Waals surface area contributed by atoms with Gasteiger partial charge in [0.2, 0.25) is 0 Å². The van der Waals surface area contributed by atoms with Gasteiger partial charge in [-0.15, -0.1) is 0 Å². The summed E-state index contributed by atoms with van der Waals surface area (Å²) in [5, 5.41) is 0. The molecule has 140 valence electrons. The number of rotatable bonds is 6. The summed E-state index contributed by atoms with van der Waals surface area (Å²) >= 11 is 0. The number of benzene rings is 2. The van der Waals surface area contributed by atoms with Crippen molar-refractivity contribution >= 4 is 21.2 Å². The van der Waals surface area contributed by atoms with Crippen LogP contribution in [0, 0.1) is 0 Å². The van der Waals surface area contributed by atoms with Gasteiger partial charge in [-0.2, -0.15) is 0 Å². The monoisotopic (exact) mass is 374 g/mol. The van der Waals surface area contributed by atoms with E-state index in [2.05, 4.69) is 27.7 Å². The molecule has 1 aliphatic rings. The molecule has 1 heterocycles. The molecule has 0 radical (unpaired) electrons. The van der Waals surface area contributed by atoms with Crippen LogP contribution in [-0.4, -0.2) is 52.8 Å². The first kappa shape index (κ1) is 18.7. The molecular weight excluding hydrogens is 348 g/mol. The van der Waals surface area contributed by atoms with Crippen molar-refractivity contribution < 1.29 is 8.42 Å². The lowest BCUT2D eigenvalue weighted by Gasteiger charge is -2.34. The van der Waals surface area contributed by atoms with E-state index in [1.165, 1.54) is 6.26 Å². The van der Waals surface area contributed by atoms with Gasteiger partial charge >= 0.3 is 0 Å². The number of hydrazine groups is 1. The van der Waals surface area contributed by atoms with E-state index in [0.29, 0.717) is 11.4 Å². The van der Waals surface area contributed by atoms with Gasteiger partial charge in [-0.1, -0.05) is 24.3 Å². The van der Waals surface area contributed by atoms with E-state index in [-0.39, 0.29) is 0 Å². The molecular formula is C19H26N4O2S. The first-order valence-corrected chi connectivity index (χ1v) is 10.6.